The van der Waals surface area contributed by atoms with E-state index in [9.17, 15) is 4.79 Å². The molecule has 9 nitrogen and oxygen atoms in total. The lowest BCUT2D eigenvalue weighted by Gasteiger charge is -2.05. The molecule has 0 atom stereocenters. The van der Waals surface area contributed by atoms with E-state index in [1.54, 1.807) is 42.6 Å². The van der Waals surface area contributed by atoms with Crippen molar-refractivity contribution >= 4 is 23.5 Å². The molecule has 2 heterocycles. The summed E-state index contributed by atoms with van der Waals surface area (Å²) in [6, 6.07) is 12.2. The highest BCUT2D eigenvalue weighted by Gasteiger charge is 2.10. The van der Waals surface area contributed by atoms with Crippen LogP contribution >= 0.6 is 0 Å². The first-order valence-corrected chi connectivity index (χ1v) is 7.57. The predicted molar refractivity (Wildman–Crippen MR) is 92.7 cm³/mol. The van der Waals surface area contributed by atoms with Crippen LogP contribution in [0.5, 0.6) is 0 Å². The number of hydrogen-bond acceptors (Lipinski definition) is 7. The van der Waals surface area contributed by atoms with E-state index >= 15 is 0 Å². The molecule has 128 valence electrons. The van der Waals surface area contributed by atoms with Crippen LogP contribution in [-0.2, 0) is 0 Å². The van der Waals surface area contributed by atoms with Gasteiger partial charge in [-0.15, -0.1) is 5.10 Å². The number of aromatic nitrogens is 4. The van der Waals surface area contributed by atoms with Crippen LogP contribution in [0.15, 0.2) is 48.7 Å². The van der Waals surface area contributed by atoms with Gasteiger partial charge in [-0.1, -0.05) is 6.07 Å². The zero-order chi connectivity index (χ0) is 17.6. The Balaban J connectivity index is 1.72. The smallest absolute Gasteiger partial charge is 0.251 e. The second kappa shape index (κ2) is 7.41. The highest BCUT2D eigenvalue weighted by atomic mass is 16.3. The molecular formula is C16H17N7O2. The van der Waals surface area contributed by atoms with Crippen LogP contribution in [0, 0.1) is 0 Å². The van der Waals surface area contributed by atoms with Crippen molar-refractivity contribution in [1.29, 1.82) is 0 Å². The SMILES string of the molecule is Nc1nc(Nc2ccc(C(=O)NCCO)cc2)nn1-c1ccccn1. The van der Waals surface area contributed by atoms with Gasteiger partial charge in [0.05, 0.1) is 6.61 Å². The summed E-state index contributed by atoms with van der Waals surface area (Å²) in [5.41, 5.74) is 7.07. The first-order valence-electron chi connectivity index (χ1n) is 7.57. The molecule has 5 N–H and O–H groups in total. The number of amides is 1. The Morgan fingerprint density at radius 1 is 1.20 bits per heavy atom. The Labute approximate surface area is 143 Å². The lowest BCUT2D eigenvalue weighted by atomic mass is 10.2. The number of anilines is 3. The number of aliphatic hydroxyl groups excluding tert-OH is 1. The van der Waals surface area contributed by atoms with E-state index in [-0.39, 0.29) is 25.0 Å². The summed E-state index contributed by atoms with van der Waals surface area (Å²) >= 11 is 0. The molecule has 0 aliphatic heterocycles. The van der Waals surface area contributed by atoms with Crippen LogP contribution < -0.4 is 16.4 Å². The molecule has 25 heavy (non-hydrogen) atoms. The van der Waals surface area contributed by atoms with E-state index in [1.165, 1.54) is 4.68 Å². The van der Waals surface area contributed by atoms with Gasteiger partial charge in [-0.25, -0.2) is 4.98 Å². The van der Waals surface area contributed by atoms with Gasteiger partial charge >= 0.3 is 0 Å². The fourth-order valence-corrected chi connectivity index (χ4v) is 2.13. The summed E-state index contributed by atoms with van der Waals surface area (Å²) in [4.78, 5) is 20.1. The van der Waals surface area contributed by atoms with Crippen LogP contribution in [0.3, 0.4) is 0 Å². The van der Waals surface area contributed by atoms with E-state index < -0.39 is 0 Å². The van der Waals surface area contributed by atoms with Crippen LogP contribution in [0.1, 0.15) is 10.4 Å². The highest BCUT2D eigenvalue weighted by Crippen LogP contribution is 2.17. The number of benzene rings is 1. The first kappa shape index (κ1) is 16.4. The molecule has 2 aromatic heterocycles. The van der Waals surface area contributed by atoms with Crippen molar-refractivity contribution in [2.24, 2.45) is 0 Å². The quantitative estimate of drug-likeness (QED) is 0.520. The minimum Gasteiger partial charge on any atom is -0.395 e. The molecule has 0 radical (unpaired) electrons. The Morgan fingerprint density at radius 2 is 2.00 bits per heavy atom. The van der Waals surface area contributed by atoms with E-state index in [1.807, 2.05) is 6.07 Å². The largest absolute Gasteiger partial charge is 0.395 e. The van der Waals surface area contributed by atoms with E-state index in [4.69, 9.17) is 10.8 Å². The van der Waals surface area contributed by atoms with Crippen LogP contribution in [-0.4, -0.2) is 43.9 Å². The minimum atomic E-state index is -0.248. The fraction of sp³-hybridized carbons (Fsp3) is 0.125. The van der Waals surface area contributed by atoms with Gasteiger partial charge in [-0.2, -0.15) is 9.67 Å². The van der Waals surface area contributed by atoms with Gasteiger partial charge in [-0.05, 0) is 36.4 Å². The average molecular weight is 339 g/mol. The summed E-state index contributed by atoms with van der Waals surface area (Å²) in [5.74, 6) is 0.848. The Hall–Kier alpha value is -3.46. The molecule has 1 amide bonds. The van der Waals surface area contributed by atoms with Crippen molar-refractivity contribution in [1.82, 2.24) is 25.1 Å². The molecular weight excluding hydrogens is 322 g/mol. The van der Waals surface area contributed by atoms with Crippen molar-refractivity contribution in [3.8, 4) is 5.82 Å². The molecule has 9 heteroatoms. The second-order valence-corrected chi connectivity index (χ2v) is 5.08. The number of rotatable bonds is 6. The topological polar surface area (TPSA) is 131 Å². The van der Waals surface area contributed by atoms with E-state index in [0.717, 1.165) is 0 Å². The number of hydrogen-bond donors (Lipinski definition) is 4. The number of nitrogens with two attached hydrogens (primary N) is 1. The normalized spacial score (nSPS) is 10.4. The predicted octanol–water partition coefficient (Wildman–Crippen LogP) is 0.710. The van der Waals surface area contributed by atoms with Crippen LogP contribution in [0.25, 0.3) is 5.82 Å². The third-order valence-corrected chi connectivity index (χ3v) is 3.30. The van der Waals surface area contributed by atoms with Gasteiger partial charge in [0, 0.05) is 24.0 Å². The Bertz CT molecular complexity index is 847. The lowest BCUT2D eigenvalue weighted by molar-refractivity contribution is 0.0945. The number of aliphatic hydroxyl groups is 1. The minimum absolute atomic E-state index is 0.0998. The second-order valence-electron chi connectivity index (χ2n) is 5.08. The lowest BCUT2D eigenvalue weighted by Crippen LogP contribution is -2.26. The number of carbonyl (C=O) groups is 1. The molecule has 0 bridgehead atoms. The molecule has 3 rings (SSSR count). The van der Waals surface area contributed by atoms with Crippen LogP contribution in [0.2, 0.25) is 0 Å². The van der Waals surface area contributed by atoms with E-state index in [0.29, 0.717) is 23.0 Å². The van der Waals surface area contributed by atoms with Crippen molar-refractivity contribution in [2.75, 3.05) is 24.2 Å². The van der Waals surface area contributed by atoms with Gasteiger partial charge in [-0.3, -0.25) is 4.79 Å². The molecule has 1 aromatic carbocycles. The standard InChI is InChI=1S/C16H17N7O2/c17-15-21-16(22-23(15)13-3-1-2-8-18-13)20-12-6-4-11(5-7-12)14(25)19-9-10-24/h1-8,24H,9-10H2,(H,19,25)(H3,17,20,21,22). The molecule has 0 aliphatic rings. The summed E-state index contributed by atoms with van der Waals surface area (Å²) in [5, 5.41) is 18.6. The fourth-order valence-electron chi connectivity index (χ4n) is 2.13. The maximum atomic E-state index is 11.8. The van der Waals surface area contributed by atoms with Gasteiger partial charge in [0.25, 0.3) is 5.91 Å². The average Bonchev–Trinajstić information content (AvgIpc) is 3.01. The molecule has 0 saturated heterocycles. The van der Waals surface area contributed by atoms with Gasteiger partial charge in [0.1, 0.15) is 0 Å². The van der Waals surface area contributed by atoms with Crippen molar-refractivity contribution in [3.63, 3.8) is 0 Å². The molecule has 0 unspecified atom stereocenters. The number of nitrogen functional groups attached to an aromatic ring is 1. The number of nitrogens with zero attached hydrogens (tertiary/aromatic N) is 4. The zero-order valence-electron chi connectivity index (χ0n) is 13.3. The van der Waals surface area contributed by atoms with Gasteiger partial charge < -0.3 is 21.5 Å². The maximum absolute atomic E-state index is 11.8. The maximum Gasteiger partial charge on any atom is 0.251 e. The van der Waals surface area contributed by atoms with Crippen molar-refractivity contribution < 1.29 is 9.90 Å². The first-order chi connectivity index (χ1) is 12.2. The Morgan fingerprint density at radius 3 is 2.68 bits per heavy atom. The van der Waals surface area contributed by atoms with Crippen LogP contribution in [0.4, 0.5) is 17.6 Å². The number of carbonyl (C=O) groups excluding carboxylic acids is 1. The summed E-state index contributed by atoms with van der Waals surface area (Å²) in [7, 11) is 0. The molecule has 0 fully saturated rings. The number of nitrogens with one attached hydrogen (secondary N) is 2. The van der Waals surface area contributed by atoms with Gasteiger partial charge in [0.2, 0.25) is 11.9 Å². The highest BCUT2D eigenvalue weighted by molar-refractivity contribution is 5.94. The third-order valence-electron chi connectivity index (χ3n) is 3.30. The summed E-state index contributed by atoms with van der Waals surface area (Å²) < 4.78 is 1.43. The number of pyridine rings is 1. The molecule has 0 spiro atoms. The molecule has 0 aliphatic carbocycles. The molecule has 3 aromatic rings. The van der Waals surface area contributed by atoms with Crippen molar-refractivity contribution in [2.45, 2.75) is 0 Å². The van der Waals surface area contributed by atoms with E-state index in [2.05, 4.69) is 25.7 Å². The van der Waals surface area contributed by atoms with Crippen molar-refractivity contribution in [3.05, 3.63) is 54.2 Å². The summed E-state index contributed by atoms with van der Waals surface area (Å²) in [6.07, 6.45) is 1.64. The summed E-state index contributed by atoms with van der Waals surface area (Å²) in [6.45, 7) is 0.115. The zero-order valence-corrected chi connectivity index (χ0v) is 13.3. The monoisotopic (exact) mass is 339 g/mol. The van der Waals surface area contributed by atoms with Gasteiger partial charge in [0.15, 0.2) is 5.82 Å². The molecule has 0 saturated carbocycles. The Kier molecular flexibility index (Phi) is 4.86. The third kappa shape index (κ3) is 3.90.